The molecule has 0 rings (SSSR count). The Hall–Kier alpha value is -0.100. The van der Waals surface area contributed by atoms with E-state index in [1.54, 1.807) is 0 Å². The van der Waals surface area contributed by atoms with Crippen LogP contribution in [0, 0.1) is 0 Å². The first-order valence-electron chi connectivity index (χ1n) is 2.12. The van der Waals surface area contributed by atoms with Crippen molar-refractivity contribution in [2.75, 3.05) is 0 Å². The van der Waals surface area contributed by atoms with Crippen LogP contribution in [0.5, 0.6) is 0 Å². The molecule has 0 atom stereocenters. The minimum absolute atomic E-state index is 1.83. The highest BCUT2D eigenvalue weighted by molar-refractivity contribution is 6.31. The number of alkyl halides is 6. The van der Waals surface area contributed by atoms with E-state index in [1.807, 2.05) is 0 Å². The molecule has 8 heteroatoms. The van der Waals surface area contributed by atoms with Gasteiger partial charge in [-0.05, 0) is 29.8 Å². The predicted octanol–water partition coefficient (Wildman–Crippen LogP) is 4.05. The highest BCUT2D eigenvalue weighted by Gasteiger charge is 2.53. The maximum absolute atomic E-state index is 11.1. The van der Waals surface area contributed by atoms with Gasteiger partial charge in [-0.15, -0.1) is 0 Å². The summed E-state index contributed by atoms with van der Waals surface area (Å²) in [7, 11) is 0. The Morgan fingerprint density at radius 1 is 0.917 bits per heavy atom. The summed E-state index contributed by atoms with van der Waals surface area (Å²) in [6, 6.07) is 0. The lowest BCUT2D eigenvalue weighted by Gasteiger charge is -2.11. The fraction of sp³-hybridized carbons (Fsp3) is 0.500. The molecule has 0 saturated heterocycles. The molecule has 0 aliphatic carbocycles. The van der Waals surface area contributed by atoms with E-state index in [2.05, 4.69) is 29.8 Å². The fourth-order valence-electron chi connectivity index (χ4n) is 0. The van der Waals surface area contributed by atoms with Gasteiger partial charge in [-0.25, -0.2) is 0 Å². The topological polar surface area (TPSA) is 0 Å². The molecular formula is C4H2Cl2F6. The Kier molecular flexibility index (Phi) is 5.78. The van der Waals surface area contributed by atoms with E-state index in [1.165, 1.54) is 0 Å². The van der Waals surface area contributed by atoms with Gasteiger partial charge in [-0.3, -0.25) is 0 Å². The van der Waals surface area contributed by atoms with Crippen LogP contribution in [0.2, 0.25) is 0 Å². The molecule has 0 aromatic rings. The number of rotatable bonds is 1. The van der Waals surface area contributed by atoms with Crippen LogP contribution >= 0.6 is 23.2 Å². The van der Waals surface area contributed by atoms with Crippen molar-refractivity contribution >= 4 is 23.2 Å². The third-order valence-corrected chi connectivity index (χ3v) is 0.893. The van der Waals surface area contributed by atoms with Gasteiger partial charge in [0.2, 0.25) is 0 Å². The minimum atomic E-state index is -4.66. The molecule has 0 aliphatic heterocycles. The maximum atomic E-state index is 11.1. The molecule has 0 fully saturated rings. The lowest BCUT2D eigenvalue weighted by atomic mass is 10.7. The Morgan fingerprint density at radius 2 is 1.00 bits per heavy atom. The average molecular weight is 235 g/mol. The van der Waals surface area contributed by atoms with E-state index in [9.17, 15) is 26.3 Å². The Morgan fingerprint density at radius 3 is 1.00 bits per heavy atom. The largest absolute Gasteiger partial charge is 0.398 e. The van der Waals surface area contributed by atoms with Crippen molar-refractivity contribution in [1.82, 2.24) is 0 Å². The standard InChI is InChI=1S/C2Cl2F4.C2H2F2/c3-1(5,6)2(4,7)8;1-2(3)4/h;1H2. The van der Waals surface area contributed by atoms with Crippen LogP contribution in [0.25, 0.3) is 0 Å². The monoisotopic (exact) mass is 234 g/mol. The molecule has 0 aromatic heterocycles. The molecule has 12 heavy (non-hydrogen) atoms. The molecule has 0 nitrogen and oxygen atoms in total. The van der Waals surface area contributed by atoms with Crippen LogP contribution in [-0.4, -0.2) is 10.8 Å². The summed E-state index contributed by atoms with van der Waals surface area (Å²) in [4.78, 5) is 0. The van der Waals surface area contributed by atoms with Crippen LogP contribution in [0.1, 0.15) is 0 Å². The molecule has 74 valence electrons. The van der Waals surface area contributed by atoms with E-state index < -0.39 is 16.8 Å². The Bertz CT molecular complexity index is 129. The van der Waals surface area contributed by atoms with Crippen LogP contribution in [0.4, 0.5) is 26.3 Å². The summed E-state index contributed by atoms with van der Waals surface area (Å²) >= 11 is 7.59. The van der Waals surface area contributed by atoms with Crippen molar-refractivity contribution < 1.29 is 26.3 Å². The molecule has 0 aliphatic rings. The van der Waals surface area contributed by atoms with E-state index in [0.717, 1.165) is 0 Å². The third-order valence-electron chi connectivity index (χ3n) is 0.321. The highest BCUT2D eigenvalue weighted by Crippen LogP contribution is 2.40. The van der Waals surface area contributed by atoms with Crippen LogP contribution in [0.3, 0.4) is 0 Å². The highest BCUT2D eigenvalue weighted by atomic mass is 35.5. The molecule has 0 amide bonds. The molecule has 0 bridgehead atoms. The van der Waals surface area contributed by atoms with Crippen molar-refractivity contribution in [2.45, 2.75) is 10.8 Å². The van der Waals surface area contributed by atoms with E-state index in [0.29, 0.717) is 0 Å². The van der Waals surface area contributed by atoms with Crippen molar-refractivity contribution in [3.05, 3.63) is 12.7 Å². The Labute approximate surface area is 73.8 Å². The van der Waals surface area contributed by atoms with Gasteiger partial charge in [-0.1, -0.05) is 0 Å². The third kappa shape index (κ3) is 9.90. The van der Waals surface area contributed by atoms with E-state index in [4.69, 9.17) is 0 Å². The number of halogens is 8. The minimum Gasteiger partial charge on any atom is -0.179 e. The summed E-state index contributed by atoms with van der Waals surface area (Å²) in [6.07, 6.45) is -1.83. The zero-order valence-corrected chi connectivity index (χ0v) is 6.74. The SMILES string of the molecule is C=C(F)F.FC(F)(Cl)C(F)(F)Cl. The maximum Gasteiger partial charge on any atom is 0.398 e. The van der Waals surface area contributed by atoms with Gasteiger partial charge >= 0.3 is 10.8 Å². The predicted molar refractivity (Wildman–Crippen MR) is 33.0 cm³/mol. The quantitative estimate of drug-likeness (QED) is 0.475. The van der Waals surface area contributed by atoms with Crippen molar-refractivity contribution in [2.24, 2.45) is 0 Å². The molecule has 0 N–H and O–H groups in total. The zero-order chi connectivity index (χ0) is 10.6. The van der Waals surface area contributed by atoms with Gasteiger partial charge < -0.3 is 0 Å². The van der Waals surface area contributed by atoms with Gasteiger partial charge in [0, 0.05) is 0 Å². The summed E-state index contributed by atoms with van der Waals surface area (Å²) < 4.78 is 64.7. The molecule has 0 aromatic carbocycles. The second-order valence-corrected chi connectivity index (χ2v) is 2.28. The average Bonchev–Trinajstić information content (AvgIpc) is 1.55. The van der Waals surface area contributed by atoms with E-state index >= 15 is 0 Å². The van der Waals surface area contributed by atoms with E-state index in [-0.39, 0.29) is 0 Å². The lowest BCUT2D eigenvalue weighted by molar-refractivity contribution is -0.0960. The van der Waals surface area contributed by atoms with Gasteiger partial charge in [0.25, 0.3) is 6.08 Å². The van der Waals surface area contributed by atoms with Crippen molar-refractivity contribution in [3.63, 3.8) is 0 Å². The normalized spacial score (nSPS) is 11.7. The molecule has 0 saturated carbocycles. The van der Waals surface area contributed by atoms with Gasteiger partial charge in [0.15, 0.2) is 0 Å². The van der Waals surface area contributed by atoms with Gasteiger partial charge in [0.1, 0.15) is 0 Å². The van der Waals surface area contributed by atoms with Crippen LogP contribution < -0.4 is 0 Å². The van der Waals surface area contributed by atoms with Crippen LogP contribution in [-0.2, 0) is 0 Å². The first kappa shape index (κ1) is 14.4. The summed E-state index contributed by atoms with van der Waals surface area (Å²) in [5, 5.41) is -9.32. The van der Waals surface area contributed by atoms with Gasteiger partial charge in [0.05, 0.1) is 0 Å². The summed E-state index contributed by atoms with van der Waals surface area (Å²) in [6.45, 7) is 2.22. The van der Waals surface area contributed by atoms with Gasteiger partial charge in [-0.2, -0.15) is 26.3 Å². The number of hydrogen-bond acceptors (Lipinski definition) is 0. The number of hydrogen-bond donors (Lipinski definition) is 0. The molecule has 0 heterocycles. The second-order valence-electron chi connectivity index (χ2n) is 1.33. The lowest BCUT2D eigenvalue weighted by Crippen LogP contribution is -2.28. The molecular weight excluding hydrogens is 233 g/mol. The first-order valence-corrected chi connectivity index (χ1v) is 2.87. The summed E-state index contributed by atoms with van der Waals surface area (Å²) in [5.74, 6) is 0. The zero-order valence-electron chi connectivity index (χ0n) is 5.23. The second kappa shape index (κ2) is 4.81. The smallest absolute Gasteiger partial charge is 0.179 e. The fourth-order valence-corrected chi connectivity index (χ4v) is 0. The summed E-state index contributed by atoms with van der Waals surface area (Å²) in [5.41, 5.74) is 0. The molecule has 0 unspecified atom stereocenters. The molecule has 0 radical (unpaired) electrons. The Balaban J connectivity index is 0. The van der Waals surface area contributed by atoms with Crippen molar-refractivity contribution in [1.29, 1.82) is 0 Å². The van der Waals surface area contributed by atoms with Crippen LogP contribution in [0.15, 0.2) is 12.7 Å². The first-order chi connectivity index (χ1) is 4.98. The van der Waals surface area contributed by atoms with Crippen molar-refractivity contribution in [3.8, 4) is 0 Å². The molecule has 0 spiro atoms.